The molecule has 98 valence electrons. The molecule has 6 heteroatoms. The van der Waals surface area contributed by atoms with Gasteiger partial charge in [-0.2, -0.15) is 0 Å². The van der Waals surface area contributed by atoms with Crippen LogP contribution < -0.4 is 4.90 Å². The number of halogens is 1. The molecule has 0 bridgehead atoms. The molecule has 0 N–H and O–H groups in total. The minimum Gasteiger partial charge on any atom is -0.368 e. The molecule has 3 heterocycles. The Bertz CT molecular complexity index is 597. The van der Waals surface area contributed by atoms with Crippen molar-refractivity contribution in [2.24, 2.45) is 0 Å². The Hall–Kier alpha value is -1.59. The molecule has 1 saturated heterocycles. The molecule has 0 spiro atoms. The van der Waals surface area contributed by atoms with Crippen molar-refractivity contribution in [2.75, 3.05) is 18.0 Å². The largest absolute Gasteiger partial charge is 0.368 e. The number of rotatable bonds is 1. The number of nitrogens with zero attached hydrogens (tertiary/aromatic N) is 4. The van der Waals surface area contributed by atoms with E-state index in [4.69, 9.17) is 16.3 Å². The van der Waals surface area contributed by atoms with Crippen LogP contribution in [-0.4, -0.2) is 34.2 Å². The van der Waals surface area contributed by atoms with Crippen molar-refractivity contribution < 1.29 is 4.74 Å². The molecule has 2 atom stereocenters. The van der Waals surface area contributed by atoms with Crippen molar-refractivity contribution in [2.45, 2.75) is 18.8 Å². The summed E-state index contributed by atoms with van der Waals surface area (Å²) in [5.74, 6) is 0. The summed E-state index contributed by atoms with van der Waals surface area (Å²) in [6, 6.07) is 8.17. The Labute approximate surface area is 115 Å². The van der Waals surface area contributed by atoms with Crippen LogP contribution in [0.3, 0.4) is 0 Å². The van der Waals surface area contributed by atoms with Crippen LogP contribution >= 0.6 is 11.6 Å². The van der Waals surface area contributed by atoms with Gasteiger partial charge in [0.2, 0.25) is 0 Å². The number of ether oxygens (including phenoxy) is 1. The molecule has 2 aliphatic heterocycles. The average Bonchev–Trinajstić information content (AvgIpc) is 3.04. The molecule has 0 amide bonds. The zero-order valence-electron chi connectivity index (χ0n) is 10.2. The number of hydrogen-bond donors (Lipinski definition) is 0. The van der Waals surface area contributed by atoms with E-state index in [1.165, 1.54) is 5.69 Å². The van der Waals surface area contributed by atoms with Crippen molar-refractivity contribution in [3.63, 3.8) is 0 Å². The first-order valence-corrected chi connectivity index (χ1v) is 6.70. The summed E-state index contributed by atoms with van der Waals surface area (Å²) in [5, 5.41) is 8.91. The lowest BCUT2D eigenvalue weighted by atomic mass is 10.2. The summed E-state index contributed by atoms with van der Waals surface area (Å²) < 4.78 is 7.90. The number of benzene rings is 1. The van der Waals surface area contributed by atoms with Gasteiger partial charge < -0.3 is 9.64 Å². The number of hydrogen-bond acceptors (Lipinski definition) is 4. The van der Waals surface area contributed by atoms with Gasteiger partial charge in [0, 0.05) is 23.8 Å². The van der Waals surface area contributed by atoms with Gasteiger partial charge in [-0.05, 0) is 24.3 Å². The molecule has 0 saturated carbocycles. The van der Waals surface area contributed by atoms with Gasteiger partial charge in [0.05, 0.1) is 30.6 Å². The zero-order chi connectivity index (χ0) is 12.8. The summed E-state index contributed by atoms with van der Waals surface area (Å²) in [4.78, 5) is 2.31. The molecule has 1 unspecified atom stereocenters. The lowest BCUT2D eigenvalue weighted by molar-refractivity contribution is -0.00253. The fraction of sp³-hybridized carbons (Fsp3) is 0.385. The normalized spacial score (nSPS) is 25.2. The maximum Gasteiger partial charge on any atom is 0.0996 e. The maximum absolute atomic E-state index is 5.93. The van der Waals surface area contributed by atoms with Crippen LogP contribution in [0.2, 0.25) is 5.02 Å². The van der Waals surface area contributed by atoms with E-state index in [-0.39, 0.29) is 12.1 Å². The first-order valence-electron chi connectivity index (χ1n) is 6.32. The Balaban J connectivity index is 1.62. The smallest absolute Gasteiger partial charge is 0.0996 e. The van der Waals surface area contributed by atoms with Crippen LogP contribution in [0.15, 0.2) is 30.5 Å². The van der Waals surface area contributed by atoms with Gasteiger partial charge in [0.1, 0.15) is 0 Å². The van der Waals surface area contributed by atoms with Crippen LogP contribution in [0.5, 0.6) is 0 Å². The first kappa shape index (κ1) is 11.3. The quantitative estimate of drug-likeness (QED) is 0.798. The van der Waals surface area contributed by atoms with Crippen LogP contribution in [0.4, 0.5) is 5.69 Å². The van der Waals surface area contributed by atoms with Crippen molar-refractivity contribution in [1.29, 1.82) is 0 Å². The molecule has 4 rings (SSSR count). The highest BCUT2D eigenvalue weighted by Crippen LogP contribution is 2.33. The van der Waals surface area contributed by atoms with E-state index in [0.717, 1.165) is 23.8 Å². The monoisotopic (exact) mass is 276 g/mol. The van der Waals surface area contributed by atoms with Crippen LogP contribution in [0.25, 0.3) is 0 Å². The second kappa shape index (κ2) is 4.21. The van der Waals surface area contributed by atoms with E-state index in [1.807, 2.05) is 28.9 Å². The highest BCUT2D eigenvalue weighted by atomic mass is 35.5. The van der Waals surface area contributed by atoms with Crippen molar-refractivity contribution in [1.82, 2.24) is 15.0 Å². The molecule has 1 aromatic heterocycles. The van der Waals surface area contributed by atoms with Gasteiger partial charge in [-0.3, -0.25) is 0 Å². The van der Waals surface area contributed by atoms with Crippen molar-refractivity contribution >= 4 is 17.3 Å². The minimum absolute atomic E-state index is 0.185. The van der Waals surface area contributed by atoms with E-state index in [2.05, 4.69) is 15.2 Å². The van der Waals surface area contributed by atoms with E-state index in [0.29, 0.717) is 6.61 Å². The predicted octanol–water partition coefficient (Wildman–Crippen LogP) is 1.89. The van der Waals surface area contributed by atoms with Gasteiger partial charge in [-0.25, -0.2) is 4.68 Å². The summed E-state index contributed by atoms with van der Waals surface area (Å²) in [7, 11) is 0. The highest BCUT2D eigenvalue weighted by Gasteiger charge is 2.39. The second-order valence-corrected chi connectivity index (χ2v) is 5.40. The number of fused-ring (bicyclic) bond motifs is 3. The van der Waals surface area contributed by atoms with Gasteiger partial charge in [0.15, 0.2) is 0 Å². The van der Waals surface area contributed by atoms with Gasteiger partial charge in [0.25, 0.3) is 0 Å². The minimum atomic E-state index is 0.185. The third kappa shape index (κ3) is 1.81. The molecule has 5 nitrogen and oxygen atoms in total. The fourth-order valence-electron chi connectivity index (χ4n) is 2.86. The summed E-state index contributed by atoms with van der Waals surface area (Å²) in [6.45, 7) is 2.37. The van der Waals surface area contributed by atoms with E-state index in [9.17, 15) is 0 Å². The SMILES string of the molecule is Clc1ccc(N2CC3OCc4cnnn4[C@@H]3C2)cc1. The van der Waals surface area contributed by atoms with Gasteiger partial charge in [-0.1, -0.05) is 16.8 Å². The molecular formula is C13H13ClN4O. The van der Waals surface area contributed by atoms with Crippen LogP contribution in [-0.2, 0) is 11.3 Å². The van der Waals surface area contributed by atoms with Crippen LogP contribution in [0.1, 0.15) is 11.7 Å². The summed E-state index contributed by atoms with van der Waals surface area (Å²) in [6.07, 6.45) is 1.96. The molecule has 0 aliphatic carbocycles. The third-order valence-corrected chi connectivity index (χ3v) is 4.09. The molecule has 0 radical (unpaired) electrons. The van der Waals surface area contributed by atoms with E-state index < -0.39 is 0 Å². The molecule has 2 aromatic rings. The summed E-state index contributed by atoms with van der Waals surface area (Å²) >= 11 is 5.93. The Morgan fingerprint density at radius 1 is 1.21 bits per heavy atom. The molecule has 1 fully saturated rings. The Morgan fingerprint density at radius 2 is 2.05 bits per heavy atom. The molecular weight excluding hydrogens is 264 g/mol. The van der Waals surface area contributed by atoms with Crippen molar-refractivity contribution in [3.8, 4) is 0 Å². The molecule has 2 aliphatic rings. The van der Waals surface area contributed by atoms with Gasteiger partial charge in [-0.15, -0.1) is 5.10 Å². The Morgan fingerprint density at radius 3 is 2.89 bits per heavy atom. The first-order chi connectivity index (χ1) is 9.31. The topological polar surface area (TPSA) is 43.2 Å². The highest BCUT2D eigenvalue weighted by molar-refractivity contribution is 6.30. The Kier molecular flexibility index (Phi) is 2.50. The molecule has 19 heavy (non-hydrogen) atoms. The van der Waals surface area contributed by atoms with Crippen molar-refractivity contribution in [3.05, 3.63) is 41.2 Å². The number of aromatic nitrogens is 3. The number of anilines is 1. The fourth-order valence-corrected chi connectivity index (χ4v) is 2.98. The molecule has 1 aromatic carbocycles. The predicted molar refractivity (Wildman–Crippen MR) is 71.3 cm³/mol. The third-order valence-electron chi connectivity index (χ3n) is 3.84. The zero-order valence-corrected chi connectivity index (χ0v) is 11.0. The van der Waals surface area contributed by atoms with E-state index in [1.54, 1.807) is 6.20 Å². The standard InChI is InChI=1S/C13H13ClN4O/c14-9-1-3-10(4-2-9)17-6-12-13(7-17)19-8-11-5-15-16-18(11)12/h1-5,12-13H,6-8H2/t12-,13?/m1/s1. The maximum atomic E-state index is 5.93. The van der Waals surface area contributed by atoms with E-state index >= 15 is 0 Å². The lowest BCUT2D eigenvalue weighted by Gasteiger charge is -2.25. The van der Waals surface area contributed by atoms with Gasteiger partial charge >= 0.3 is 0 Å². The van der Waals surface area contributed by atoms with Crippen LogP contribution in [0, 0.1) is 0 Å². The second-order valence-electron chi connectivity index (χ2n) is 4.97. The summed E-state index contributed by atoms with van der Waals surface area (Å²) in [5.41, 5.74) is 2.23. The lowest BCUT2D eigenvalue weighted by Crippen LogP contribution is -2.32. The average molecular weight is 277 g/mol.